The predicted octanol–water partition coefficient (Wildman–Crippen LogP) is 1.58. The van der Waals surface area contributed by atoms with Crippen LogP contribution in [0.1, 0.15) is 18.4 Å². The molecule has 0 saturated carbocycles. The van der Waals surface area contributed by atoms with E-state index in [4.69, 9.17) is 14.2 Å². The van der Waals surface area contributed by atoms with Gasteiger partial charge in [0.2, 0.25) is 5.91 Å². The number of hydrogen-bond acceptors (Lipinski definition) is 5. The number of benzene rings is 1. The molecule has 1 amide bonds. The molecule has 0 bridgehead atoms. The molecule has 6 nitrogen and oxygen atoms in total. The minimum Gasteiger partial charge on any atom is -0.497 e. The van der Waals surface area contributed by atoms with Gasteiger partial charge in [-0.15, -0.1) is 0 Å². The molecule has 3 fully saturated rings. The number of rotatable bonds is 5. The lowest BCUT2D eigenvalue weighted by molar-refractivity contribution is -0.189. The van der Waals surface area contributed by atoms with Crippen molar-refractivity contribution in [3.63, 3.8) is 0 Å². The van der Waals surface area contributed by atoms with E-state index in [0.29, 0.717) is 12.3 Å². The number of likely N-dealkylation sites (tertiary alicyclic amines) is 1. The zero-order valence-corrected chi connectivity index (χ0v) is 16.2. The normalized spacial score (nSPS) is 25.2. The molecule has 0 unspecified atom stereocenters. The first-order chi connectivity index (χ1) is 13.2. The predicted molar refractivity (Wildman–Crippen MR) is 102 cm³/mol. The SMILES string of the molecule is COc1cccc(CC(=O)N2CC3(CC[C@@H](CN4CCOCC4)CO3)C2)c1. The average Bonchev–Trinajstić information content (AvgIpc) is 2.68. The zero-order chi connectivity index (χ0) is 18.7. The molecule has 3 saturated heterocycles. The van der Waals surface area contributed by atoms with E-state index >= 15 is 0 Å². The van der Waals surface area contributed by atoms with E-state index in [1.807, 2.05) is 29.2 Å². The number of hydrogen-bond donors (Lipinski definition) is 0. The summed E-state index contributed by atoms with van der Waals surface area (Å²) in [5.41, 5.74) is 0.904. The van der Waals surface area contributed by atoms with Crippen LogP contribution in [-0.2, 0) is 20.7 Å². The molecular formula is C21H30N2O4. The minimum absolute atomic E-state index is 0.0917. The van der Waals surface area contributed by atoms with Crippen molar-refractivity contribution in [1.82, 2.24) is 9.80 Å². The summed E-state index contributed by atoms with van der Waals surface area (Å²) in [6.07, 6.45) is 2.67. The summed E-state index contributed by atoms with van der Waals surface area (Å²) in [6, 6.07) is 7.73. The first-order valence-electron chi connectivity index (χ1n) is 10.0. The van der Waals surface area contributed by atoms with Gasteiger partial charge in [-0.25, -0.2) is 0 Å². The fourth-order valence-electron chi connectivity index (χ4n) is 4.35. The van der Waals surface area contributed by atoms with Crippen LogP contribution in [0.15, 0.2) is 24.3 Å². The fourth-order valence-corrected chi connectivity index (χ4v) is 4.35. The second kappa shape index (κ2) is 8.17. The Labute approximate surface area is 161 Å². The van der Waals surface area contributed by atoms with Crippen LogP contribution in [0, 0.1) is 5.92 Å². The molecule has 148 valence electrons. The Hall–Kier alpha value is -1.63. The molecule has 0 N–H and O–H groups in total. The van der Waals surface area contributed by atoms with Crippen molar-refractivity contribution in [2.45, 2.75) is 24.9 Å². The van der Waals surface area contributed by atoms with Gasteiger partial charge in [-0.2, -0.15) is 0 Å². The van der Waals surface area contributed by atoms with Crippen molar-refractivity contribution in [3.05, 3.63) is 29.8 Å². The Morgan fingerprint density at radius 1 is 1.30 bits per heavy atom. The van der Waals surface area contributed by atoms with Crippen molar-refractivity contribution >= 4 is 5.91 Å². The number of carbonyl (C=O) groups excluding carboxylic acids is 1. The summed E-state index contributed by atoms with van der Waals surface area (Å²) in [6.45, 7) is 7.17. The number of methoxy groups -OCH3 is 1. The topological polar surface area (TPSA) is 51.2 Å². The molecule has 0 radical (unpaired) electrons. The van der Waals surface area contributed by atoms with Gasteiger partial charge in [-0.05, 0) is 36.5 Å². The molecule has 1 aromatic carbocycles. The van der Waals surface area contributed by atoms with Crippen LogP contribution in [0.4, 0.5) is 0 Å². The van der Waals surface area contributed by atoms with Gasteiger partial charge in [0.25, 0.3) is 0 Å². The molecule has 1 atom stereocenters. The Morgan fingerprint density at radius 3 is 2.81 bits per heavy atom. The van der Waals surface area contributed by atoms with Crippen LogP contribution in [0.2, 0.25) is 0 Å². The van der Waals surface area contributed by atoms with Crippen LogP contribution in [0.25, 0.3) is 0 Å². The van der Waals surface area contributed by atoms with Gasteiger partial charge < -0.3 is 19.1 Å². The van der Waals surface area contributed by atoms with E-state index < -0.39 is 0 Å². The van der Waals surface area contributed by atoms with Crippen molar-refractivity contribution < 1.29 is 19.0 Å². The van der Waals surface area contributed by atoms with E-state index in [1.165, 1.54) is 6.42 Å². The summed E-state index contributed by atoms with van der Waals surface area (Å²) in [5.74, 6) is 1.57. The maximum Gasteiger partial charge on any atom is 0.227 e. The first-order valence-corrected chi connectivity index (χ1v) is 10.0. The number of morpholine rings is 1. The third-order valence-electron chi connectivity index (χ3n) is 6.05. The van der Waals surface area contributed by atoms with Crippen molar-refractivity contribution in [3.8, 4) is 5.75 Å². The number of ether oxygens (including phenoxy) is 3. The van der Waals surface area contributed by atoms with Gasteiger partial charge >= 0.3 is 0 Å². The highest BCUT2D eigenvalue weighted by Gasteiger charge is 2.48. The van der Waals surface area contributed by atoms with E-state index in [9.17, 15) is 4.79 Å². The molecule has 3 heterocycles. The Balaban J connectivity index is 1.21. The molecule has 0 aliphatic carbocycles. The van der Waals surface area contributed by atoms with Crippen LogP contribution in [0.3, 0.4) is 0 Å². The van der Waals surface area contributed by atoms with Crippen LogP contribution < -0.4 is 4.74 Å². The smallest absolute Gasteiger partial charge is 0.227 e. The monoisotopic (exact) mass is 374 g/mol. The van der Waals surface area contributed by atoms with Gasteiger partial charge in [0, 0.05) is 19.6 Å². The van der Waals surface area contributed by atoms with Crippen LogP contribution in [0.5, 0.6) is 5.75 Å². The molecule has 3 aliphatic rings. The van der Waals surface area contributed by atoms with Crippen LogP contribution >= 0.6 is 0 Å². The van der Waals surface area contributed by atoms with Gasteiger partial charge in [0.05, 0.1) is 46.4 Å². The van der Waals surface area contributed by atoms with Crippen molar-refractivity contribution in [2.24, 2.45) is 5.92 Å². The Kier molecular flexibility index (Phi) is 5.66. The largest absolute Gasteiger partial charge is 0.497 e. The lowest BCUT2D eigenvalue weighted by Gasteiger charge is -2.53. The highest BCUT2D eigenvalue weighted by molar-refractivity contribution is 5.80. The van der Waals surface area contributed by atoms with E-state index in [0.717, 1.165) is 70.3 Å². The van der Waals surface area contributed by atoms with Gasteiger partial charge in [-0.1, -0.05) is 12.1 Å². The average molecular weight is 374 g/mol. The molecular weight excluding hydrogens is 344 g/mol. The summed E-state index contributed by atoms with van der Waals surface area (Å²) < 4.78 is 16.9. The third kappa shape index (κ3) is 4.45. The second-order valence-electron chi connectivity index (χ2n) is 8.09. The summed E-state index contributed by atoms with van der Waals surface area (Å²) in [5, 5.41) is 0. The maximum absolute atomic E-state index is 12.6. The fraction of sp³-hybridized carbons (Fsp3) is 0.667. The lowest BCUT2D eigenvalue weighted by Crippen LogP contribution is -2.66. The molecule has 27 heavy (non-hydrogen) atoms. The Morgan fingerprint density at radius 2 is 2.11 bits per heavy atom. The highest BCUT2D eigenvalue weighted by Crippen LogP contribution is 2.36. The van der Waals surface area contributed by atoms with Crippen molar-refractivity contribution in [2.75, 3.05) is 59.7 Å². The highest BCUT2D eigenvalue weighted by atomic mass is 16.5. The van der Waals surface area contributed by atoms with Crippen LogP contribution in [-0.4, -0.2) is 81.0 Å². The number of nitrogens with zero attached hydrogens (tertiary/aromatic N) is 2. The second-order valence-corrected chi connectivity index (χ2v) is 8.09. The molecule has 0 aromatic heterocycles. The van der Waals surface area contributed by atoms with Gasteiger partial charge in [-0.3, -0.25) is 9.69 Å². The first kappa shape index (κ1) is 18.7. The zero-order valence-electron chi connectivity index (χ0n) is 16.2. The minimum atomic E-state index is -0.0917. The Bertz CT molecular complexity index is 643. The number of amides is 1. The molecule has 6 heteroatoms. The molecule has 1 aromatic rings. The molecule has 1 spiro atoms. The van der Waals surface area contributed by atoms with E-state index in [1.54, 1.807) is 7.11 Å². The van der Waals surface area contributed by atoms with Crippen molar-refractivity contribution in [1.29, 1.82) is 0 Å². The van der Waals surface area contributed by atoms with E-state index in [2.05, 4.69) is 4.90 Å². The standard InChI is InChI=1S/C21H30N2O4/c1-25-19-4-2-3-17(11-19)12-20(24)23-15-21(16-23)6-5-18(14-27-21)13-22-7-9-26-10-8-22/h2-4,11,18H,5-10,12-16H2,1H3/t18-/m0/s1. The molecule has 3 aliphatic heterocycles. The quantitative estimate of drug-likeness (QED) is 0.783. The molecule has 4 rings (SSSR count). The summed E-state index contributed by atoms with van der Waals surface area (Å²) in [4.78, 5) is 17.0. The van der Waals surface area contributed by atoms with E-state index in [-0.39, 0.29) is 11.5 Å². The maximum atomic E-state index is 12.6. The summed E-state index contributed by atoms with van der Waals surface area (Å²) >= 11 is 0. The number of carbonyl (C=O) groups is 1. The summed E-state index contributed by atoms with van der Waals surface area (Å²) in [7, 11) is 1.65. The lowest BCUT2D eigenvalue weighted by atomic mass is 9.82. The van der Waals surface area contributed by atoms with Gasteiger partial charge in [0.15, 0.2) is 0 Å². The van der Waals surface area contributed by atoms with Gasteiger partial charge in [0.1, 0.15) is 11.4 Å². The third-order valence-corrected chi connectivity index (χ3v) is 6.05.